The van der Waals surface area contributed by atoms with E-state index in [0.29, 0.717) is 0 Å². The van der Waals surface area contributed by atoms with Crippen molar-refractivity contribution in [3.63, 3.8) is 0 Å². The summed E-state index contributed by atoms with van der Waals surface area (Å²) in [4.78, 5) is 10.3. The van der Waals surface area contributed by atoms with Gasteiger partial charge >= 0.3 is 5.97 Å². The molecule has 1 unspecified atom stereocenters. The van der Waals surface area contributed by atoms with Gasteiger partial charge in [-0.2, -0.15) is 0 Å². The average molecular weight is 128 g/mol. The molecule has 1 atom stereocenters. The second kappa shape index (κ2) is 4.09. The maximum absolute atomic E-state index is 10.3. The number of ether oxygens (including phenoxy) is 1. The Bertz CT molecular complexity index is 110. The summed E-state index contributed by atoms with van der Waals surface area (Å²) in [5.41, 5.74) is 5.17. The Balaban J connectivity index is 3.27. The van der Waals surface area contributed by atoms with Crippen molar-refractivity contribution in [3.8, 4) is 0 Å². The number of carbonyl (C=O) groups excluding carboxylic acids is 1. The molecule has 0 bridgehead atoms. The smallest absolute Gasteiger partial charge is 0.330 e. The number of hydrogen-bond acceptors (Lipinski definition) is 3. The van der Waals surface area contributed by atoms with Gasteiger partial charge in [-0.05, 0) is 6.92 Å². The predicted molar refractivity (Wildman–Crippen MR) is 34.5 cm³/mol. The molecule has 0 saturated heterocycles. The van der Waals surface area contributed by atoms with Crippen LogP contribution in [-0.4, -0.2) is 18.6 Å². The highest BCUT2D eigenvalue weighted by atomic mass is 16.5. The summed E-state index contributed by atoms with van der Waals surface area (Å²) in [5.74, 6) is -0.464. The number of esters is 1. The molecule has 0 aromatic carbocycles. The van der Waals surface area contributed by atoms with Gasteiger partial charge in [0.05, 0.1) is 0 Å². The molecule has 3 nitrogen and oxygen atoms in total. The van der Waals surface area contributed by atoms with Crippen molar-refractivity contribution >= 4 is 5.97 Å². The first-order chi connectivity index (χ1) is 4.16. The summed E-state index contributed by atoms with van der Waals surface area (Å²) in [6, 6.07) is -0.353. The zero-order valence-corrected chi connectivity index (χ0v) is 5.17. The van der Waals surface area contributed by atoms with E-state index in [-0.39, 0.29) is 12.6 Å². The first-order valence-corrected chi connectivity index (χ1v) is 2.54. The van der Waals surface area contributed by atoms with Gasteiger partial charge in [-0.25, -0.2) is 4.79 Å². The molecule has 0 aromatic rings. The molecule has 0 aliphatic carbocycles. The Labute approximate surface area is 54.5 Å². The third kappa shape index (κ3) is 5.03. The van der Waals surface area contributed by atoms with E-state index in [1.165, 1.54) is 0 Å². The lowest BCUT2D eigenvalue weighted by Crippen LogP contribution is -2.23. The zero-order valence-electron chi connectivity index (χ0n) is 5.17. The fourth-order valence-electron chi connectivity index (χ4n) is 0.248. The lowest BCUT2D eigenvalue weighted by Gasteiger charge is -2.02. The first-order valence-electron chi connectivity index (χ1n) is 2.54. The Morgan fingerprint density at radius 2 is 2.44 bits per heavy atom. The highest BCUT2D eigenvalue weighted by Crippen LogP contribution is 1.80. The standard InChI is InChI=1S/C6H10NO2/c1-3-6(8)9-4-5(2)7/h3,5H,1-2,4,7H2. The van der Waals surface area contributed by atoms with E-state index in [9.17, 15) is 4.79 Å². The third-order valence-electron chi connectivity index (χ3n) is 0.606. The van der Waals surface area contributed by atoms with Crippen LogP contribution >= 0.6 is 0 Å². The molecule has 1 radical (unpaired) electrons. The molecule has 51 valence electrons. The molecule has 2 N–H and O–H groups in total. The van der Waals surface area contributed by atoms with Crippen molar-refractivity contribution in [3.05, 3.63) is 19.6 Å². The van der Waals surface area contributed by atoms with Crippen LogP contribution in [0.4, 0.5) is 0 Å². The zero-order chi connectivity index (χ0) is 7.28. The average Bonchev–Trinajstić information content (AvgIpc) is 1.83. The predicted octanol–water partition coefficient (Wildman–Crippen LogP) is -0.123. The molecule has 0 amide bonds. The molecule has 0 spiro atoms. The van der Waals surface area contributed by atoms with E-state index in [4.69, 9.17) is 5.73 Å². The SMILES string of the molecule is [CH2]C(N)COC(=O)C=C. The van der Waals surface area contributed by atoms with Crippen LogP contribution in [0.25, 0.3) is 0 Å². The Morgan fingerprint density at radius 3 is 2.78 bits per heavy atom. The minimum Gasteiger partial charge on any atom is -0.461 e. The molecule has 0 saturated carbocycles. The topological polar surface area (TPSA) is 52.3 Å². The third-order valence-corrected chi connectivity index (χ3v) is 0.606. The second-order valence-electron chi connectivity index (χ2n) is 1.59. The quantitative estimate of drug-likeness (QED) is 0.425. The summed E-state index contributed by atoms with van der Waals surface area (Å²) in [6.45, 7) is 6.76. The Hall–Kier alpha value is -0.830. The van der Waals surface area contributed by atoms with Gasteiger partial charge in [0.2, 0.25) is 0 Å². The van der Waals surface area contributed by atoms with Gasteiger partial charge in [0.15, 0.2) is 0 Å². The lowest BCUT2D eigenvalue weighted by molar-refractivity contribution is -0.137. The molecule has 0 heterocycles. The molecule has 0 aromatic heterocycles. The second-order valence-corrected chi connectivity index (χ2v) is 1.59. The van der Waals surface area contributed by atoms with Gasteiger partial charge in [0.25, 0.3) is 0 Å². The number of carbonyl (C=O) groups is 1. The number of hydrogen-bond donors (Lipinski definition) is 1. The van der Waals surface area contributed by atoms with Gasteiger partial charge in [-0.15, -0.1) is 0 Å². The summed E-state index contributed by atoms with van der Waals surface area (Å²) in [5, 5.41) is 0. The Kier molecular flexibility index (Phi) is 3.71. The monoisotopic (exact) mass is 128 g/mol. The van der Waals surface area contributed by atoms with Crippen LogP contribution in [-0.2, 0) is 9.53 Å². The van der Waals surface area contributed by atoms with Crippen molar-refractivity contribution in [1.29, 1.82) is 0 Å². The number of rotatable bonds is 3. The normalized spacial score (nSPS) is 12.2. The maximum Gasteiger partial charge on any atom is 0.330 e. The summed E-state index contributed by atoms with van der Waals surface area (Å²) in [7, 11) is 0. The summed E-state index contributed by atoms with van der Waals surface area (Å²) >= 11 is 0. The van der Waals surface area contributed by atoms with Crippen molar-refractivity contribution in [2.24, 2.45) is 5.73 Å². The fourth-order valence-corrected chi connectivity index (χ4v) is 0.248. The van der Waals surface area contributed by atoms with Crippen molar-refractivity contribution in [1.82, 2.24) is 0 Å². The van der Waals surface area contributed by atoms with E-state index < -0.39 is 5.97 Å². The van der Waals surface area contributed by atoms with Crippen LogP contribution in [0.5, 0.6) is 0 Å². The van der Waals surface area contributed by atoms with Crippen LogP contribution in [0.15, 0.2) is 12.7 Å². The van der Waals surface area contributed by atoms with Gasteiger partial charge < -0.3 is 10.5 Å². The fraction of sp³-hybridized carbons (Fsp3) is 0.333. The Morgan fingerprint density at radius 1 is 1.89 bits per heavy atom. The van der Waals surface area contributed by atoms with Crippen LogP contribution in [0.3, 0.4) is 0 Å². The molecule has 0 aliphatic heterocycles. The highest BCUT2D eigenvalue weighted by Gasteiger charge is 1.96. The van der Waals surface area contributed by atoms with E-state index in [1.807, 2.05) is 0 Å². The van der Waals surface area contributed by atoms with E-state index in [1.54, 1.807) is 0 Å². The largest absolute Gasteiger partial charge is 0.461 e. The molecular weight excluding hydrogens is 118 g/mol. The van der Waals surface area contributed by atoms with Crippen molar-refractivity contribution in [2.45, 2.75) is 6.04 Å². The molecule has 0 rings (SSSR count). The number of nitrogens with two attached hydrogens (primary N) is 1. The minimum absolute atomic E-state index is 0.144. The highest BCUT2D eigenvalue weighted by molar-refractivity contribution is 5.81. The summed E-state index contributed by atoms with van der Waals surface area (Å²) in [6.07, 6.45) is 1.09. The van der Waals surface area contributed by atoms with E-state index >= 15 is 0 Å². The maximum atomic E-state index is 10.3. The van der Waals surface area contributed by atoms with Gasteiger partial charge in [-0.1, -0.05) is 6.58 Å². The molecule has 0 aliphatic rings. The van der Waals surface area contributed by atoms with Gasteiger partial charge in [0, 0.05) is 12.1 Å². The van der Waals surface area contributed by atoms with E-state index in [2.05, 4.69) is 18.2 Å². The minimum atomic E-state index is -0.464. The first kappa shape index (κ1) is 8.17. The van der Waals surface area contributed by atoms with Crippen LogP contribution in [0, 0.1) is 6.92 Å². The van der Waals surface area contributed by atoms with Gasteiger partial charge in [0.1, 0.15) is 6.61 Å². The molecular formula is C6H10NO2. The summed E-state index contributed by atoms with van der Waals surface area (Å²) < 4.78 is 4.51. The van der Waals surface area contributed by atoms with Crippen molar-refractivity contribution in [2.75, 3.05) is 6.61 Å². The van der Waals surface area contributed by atoms with Crippen molar-refractivity contribution < 1.29 is 9.53 Å². The lowest BCUT2D eigenvalue weighted by atomic mass is 10.4. The molecule has 9 heavy (non-hydrogen) atoms. The van der Waals surface area contributed by atoms with Crippen LogP contribution in [0.1, 0.15) is 0 Å². The van der Waals surface area contributed by atoms with Crippen LogP contribution in [0.2, 0.25) is 0 Å². The van der Waals surface area contributed by atoms with Crippen LogP contribution < -0.4 is 5.73 Å². The molecule has 0 fully saturated rings. The molecule has 3 heteroatoms. The van der Waals surface area contributed by atoms with E-state index in [0.717, 1.165) is 6.08 Å². The van der Waals surface area contributed by atoms with Gasteiger partial charge in [-0.3, -0.25) is 0 Å².